The summed E-state index contributed by atoms with van der Waals surface area (Å²) in [5.74, 6) is 0. The van der Waals surface area contributed by atoms with Crippen molar-refractivity contribution in [3.8, 4) is 0 Å². The molecule has 0 bridgehead atoms. The first-order valence-electron chi connectivity index (χ1n) is 1.79. The molecule has 0 aliphatic carbocycles. The molecule has 2 nitrogen and oxygen atoms in total. The molecule has 0 fully saturated rings. The molecule has 0 aromatic carbocycles. The van der Waals surface area contributed by atoms with E-state index < -0.39 is 0 Å². The van der Waals surface area contributed by atoms with Crippen molar-refractivity contribution >= 4 is 0 Å². The van der Waals surface area contributed by atoms with E-state index in [0.717, 1.165) is 6.26 Å². The molecule has 7 heavy (non-hydrogen) atoms. The van der Waals surface area contributed by atoms with Crippen molar-refractivity contribution in [2.75, 3.05) is 6.54 Å². The third-order valence-corrected chi connectivity index (χ3v) is 0.523. The molecule has 0 aromatic rings. The van der Waals surface area contributed by atoms with Crippen LogP contribution in [0.3, 0.4) is 0 Å². The Kier molecular flexibility index (Phi) is 9.73. The quantitative estimate of drug-likeness (QED) is 0.277. The standard InChI is InChI=1S/C4H9NO.Na/c1-4(2-5)3-6;/h3,6H,2,5H2,1H3;/q;+1/p-1/b4-3+;. The van der Waals surface area contributed by atoms with Crippen molar-refractivity contribution in [1.29, 1.82) is 0 Å². The Labute approximate surface area is 65.7 Å². The van der Waals surface area contributed by atoms with Crippen molar-refractivity contribution < 1.29 is 34.7 Å². The Morgan fingerprint density at radius 2 is 2.29 bits per heavy atom. The maximum atomic E-state index is 9.62. The Morgan fingerprint density at radius 3 is 2.29 bits per heavy atom. The Morgan fingerprint density at radius 1 is 1.86 bits per heavy atom. The Hall–Kier alpha value is 0.500. The molecule has 0 saturated heterocycles. The molecule has 36 valence electrons. The summed E-state index contributed by atoms with van der Waals surface area (Å²) in [5, 5.41) is 9.62. The predicted octanol–water partition coefficient (Wildman–Crippen LogP) is -3.79. The van der Waals surface area contributed by atoms with Crippen LogP contribution in [0.15, 0.2) is 11.8 Å². The van der Waals surface area contributed by atoms with Crippen LogP contribution in [0.25, 0.3) is 0 Å². The van der Waals surface area contributed by atoms with Crippen LogP contribution < -0.4 is 40.4 Å². The van der Waals surface area contributed by atoms with Gasteiger partial charge in [-0.2, -0.15) is 0 Å². The summed E-state index contributed by atoms with van der Waals surface area (Å²) in [6.45, 7) is 2.08. The molecule has 0 rings (SSSR count). The van der Waals surface area contributed by atoms with Crippen LogP contribution in [0, 0.1) is 0 Å². The van der Waals surface area contributed by atoms with Crippen LogP contribution in [0.5, 0.6) is 0 Å². The summed E-state index contributed by atoms with van der Waals surface area (Å²) in [4.78, 5) is 0. The smallest absolute Gasteiger partial charge is 0.878 e. The molecule has 2 N–H and O–H groups in total. The average molecular weight is 109 g/mol. The van der Waals surface area contributed by atoms with Gasteiger partial charge in [0.1, 0.15) is 0 Å². The fourth-order valence-electron chi connectivity index (χ4n) is 0.0481. The maximum Gasteiger partial charge on any atom is 1.00 e. The third-order valence-electron chi connectivity index (χ3n) is 0.523. The van der Waals surface area contributed by atoms with Gasteiger partial charge in [0.05, 0.1) is 0 Å². The van der Waals surface area contributed by atoms with Crippen molar-refractivity contribution in [3.05, 3.63) is 11.8 Å². The molecule has 0 spiro atoms. The van der Waals surface area contributed by atoms with Crippen LogP contribution >= 0.6 is 0 Å². The Balaban J connectivity index is 0. The summed E-state index contributed by atoms with van der Waals surface area (Å²) in [6, 6.07) is 0. The van der Waals surface area contributed by atoms with Crippen LogP contribution in [-0.4, -0.2) is 6.54 Å². The molecule has 0 amide bonds. The summed E-state index contributed by atoms with van der Waals surface area (Å²) in [5.41, 5.74) is 5.70. The summed E-state index contributed by atoms with van der Waals surface area (Å²) in [6.07, 6.45) is 0.764. The van der Waals surface area contributed by atoms with Gasteiger partial charge >= 0.3 is 29.6 Å². The Bertz CT molecular complexity index is 62.7. The zero-order chi connectivity index (χ0) is 4.99. The van der Waals surface area contributed by atoms with Gasteiger partial charge < -0.3 is 10.8 Å². The van der Waals surface area contributed by atoms with Crippen molar-refractivity contribution in [1.82, 2.24) is 0 Å². The molecular weight excluding hydrogens is 101 g/mol. The molecule has 0 atom stereocenters. The van der Waals surface area contributed by atoms with E-state index in [4.69, 9.17) is 5.73 Å². The second-order valence-corrected chi connectivity index (χ2v) is 1.17. The van der Waals surface area contributed by atoms with Crippen molar-refractivity contribution in [3.63, 3.8) is 0 Å². The maximum absolute atomic E-state index is 9.62. The fourth-order valence-corrected chi connectivity index (χ4v) is 0.0481. The van der Waals surface area contributed by atoms with E-state index >= 15 is 0 Å². The number of nitrogens with two attached hydrogens (primary N) is 1. The predicted molar refractivity (Wildman–Crippen MR) is 22.8 cm³/mol. The van der Waals surface area contributed by atoms with Gasteiger partial charge in [0, 0.05) is 6.54 Å². The fraction of sp³-hybridized carbons (Fsp3) is 0.500. The van der Waals surface area contributed by atoms with Crippen LogP contribution in [0.4, 0.5) is 0 Å². The first-order valence-corrected chi connectivity index (χ1v) is 1.79. The SMILES string of the molecule is C/C(=C\[O-])CN.[Na+]. The van der Waals surface area contributed by atoms with Gasteiger partial charge in [-0.25, -0.2) is 0 Å². The second-order valence-electron chi connectivity index (χ2n) is 1.17. The van der Waals surface area contributed by atoms with Crippen LogP contribution in [0.1, 0.15) is 6.92 Å². The van der Waals surface area contributed by atoms with Gasteiger partial charge in [0.25, 0.3) is 0 Å². The second kappa shape index (κ2) is 6.50. The minimum atomic E-state index is 0. The van der Waals surface area contributed by atoms with Gasteiger partial charge in [0.2, 0.25) is 0 Å². The third kappa shape index (κ3) is 6.50. The average Bonchev–Trinajstić information content (AvgIpc) is 1.65. The van der Waals surface area contributed by atoms with Gasteiger partial charge in [-0.1, -0.05) is 5.57 Å². The number of rotatable bonds is 1. The zero-order valence-corrected chi connectivity index (χ0v) is 6.77. The first kappa shape index (κ1) is 10.5. The molecule has 0 aliphatic rings. The van der Waals surface area contributed by atoms with Gasteiger partial charge in [0.15, 0.2) is 0 Å². The molecule has 0 saturated carbocycles. The minimum absolute atomic E-state index is 0. The van der Waals surface area contributed by atoms with E-state index in [1.165, 1.54) is 0 Å². The van der Waals surface area contributed by atoms with Gasteiger partial charge in [-0.15, -0.1) is 6.26 Å². The topological polar surface area (TPSA) is 49.1 Å². The van der Waals surface area contributed by atoms with Crippen molar-refractivity contribution in [2.24, 2.45) is 5.73 Å². The molecule has 0 heterocycles. The van der Waals surface area contributed by atoms with Gasteiger partial charge in [-0.05, 0) is 6.92 Å². The largest absolute Gasteiger partial charge is 1.00 e. The summed E-state index contributed by atoms with van der Waals surface area (Å²) >= 11 is 0. The molecule has 0 radical (unpaired) electrons. The van der Waals surface area contributed by atoms with Gasteiger partial charge in [-0.3, -0.25) is 0 Å². The number of hydrogen-bond acceptors (Lipinski definition) is 2. The van der Waals surface area contributed by atoms with Crippen molar-refractivity contribution in [2.45, 2.75) is 6.92 Å². The van der Waals surface area contributed by atoms with E-state index in [-0.39, 0.29) is 29.6 Å². The van der Waals surface area contributed by atoms with Crippen LogP contribution in [-0.2, 0) is 0 Å². The molecule has 0 aliphatic heterocycles. The molecule has 3 heteroatoms. The van der Waals surface area contributed by atoms with E-state index in [2.05, 4.69) is 0 Å². The monoisotopic (exact) mass is 109 g/mol. The van der Waals surface area contributed by atoms with E-state index in [1.807, 2.05) is 0 Å². The number of hydrogen-bond donors (Lipinski definition) is 1. The minimum Gasteiger partial charge on any atom is -0.878 e. The van der Waals surface area contributed by atoms with Crippen LogP contribution in [0.2, 0.25) is 0 Å². The summed E-state index contributed by atoms with van der Waals surface area (Å²) < 4.78 is 0. The van der Waals surface area contributed by atoms with E-state index in [9.17, 15) is 5.11 Å². The molecule has 0 unspecified atom stereocenters. The molecular formula is C4H8NNaO. The normalized spacial score (nSPS) is 10.3. The zero-order valence-electron chi connectivity index (χ0n) is 4.77. The van der Waals surface area contributed by atoms with E-state index in [1.54, 1.807) is 6.92 Å². The summed E-state index contributed by atoms with van der Waals surface area (Å²) in [7, 11) is 0. The van der Waals surface area contributed by atoms with E-state index in [0.29, 0.717) is 12.1 Å². The molecule has 0 aromatic heterocycles. The first-order chi connectivity index (χ1) is 2.81.